The SMILES string of the molecule is CCCC(N)C(=O)C(=O)NCC(=O)NC(C)c1ccccc1. The molecule has 0 spiro atoms. The van der Waals surface area contributed by atoms with Crippen molar-refractivity contribution in [2.45, 2.75) is 38.8 Å². The van der Waals surface area contributed by atoms with Crippen LogP contribution in [0.3, 0.4) is 0 Å². The van der Waals surface area contributed by atoms with E-state index in [0.29, 0.717) is 6.42 Å². The summed E-state index contributed by atoms with van der Waals surface area (Å²) >= 11 is 0. The van der Waals surface area contributed by atoms with E-state index in [9.17, 15) is 14.4 Å². The van der Waals surface area contributed by atoms with Crippen molar-refractivity contribution in [2.75, 3.05) is 6.54 Å². The average molecular weight is 305 g/mol. The van der Waals surface area contributed by atoms with Crippen LogP contribution in [0.5, 0.6) is 0 Å². The van der Waals surface area contributed by atoms with E-state index >= 15 is 0 Å². The first-order chi connectivity index (χ1) is 10.5. The van der Waals surface area contributed by atoms with Gasteiger partial charge in [0.25, 0.3) is 5.91 Å². The van der Waals surface area contributed by atoms with Gasteiger partial charge in [-0.25, -0.2) is 0 Å². The molecule has 120 valence electrons. The Bertz CT molecular complexity index is 517. The molecule has 0 radical (unpaired) electrons. The quantitative estimate of drug-likeness (QED) is 0.615. The van der Waals surface area contributed by atoms with Crippen LogP contribution in [0.25, 0.3) is 0 Å². The van der Waals surface area contributed by atoms with Crippen molar-refractivity contribution in [3.05, 3.63) is 35.9 Å². The van der Waals surface area contributed by atoms with Gasteiger partial charge in [0.15, 0.2) is 0 Å². The zero-order valence-electron chi connectivity index (χ0n) is 13.0. The van der Waals surface area contributed by atoms with Gasteiger partial charge in [-0.1, -0.05) is 43.7 Å². The molecule has 6 nitrogen and oxygen atoms in total. The molecular formula is C16H23N3O3. The van der Waals surface area contributed by atoms with Crippen LogP contribution in [0.2, 0.25) is 0 Å². The van der Waals surface area contributed by atoms with Crippen molar-refractivity contribution in [3.63, 3.8) is 0 Å². The Morgan fingerprint density at radius 1 is 1.18 bits per heavy atom. The Morgan fingerprint density at radius 3 is 2.41 bits per heavy atom. The van der Waals surface area contributed by atoms with Crippen molar-refractivity contribution in [1.82, 2.24) is 10.6 Å². The third kappa shape index (κ3) is 5.65. The van der Waals surface area contributed by atoms with Crippen LogP contribution >= 0.6 is 0 Å². The number of carbonyl (C=O) groups excluding carboxylic acids is 3. The van der Waals surface area contributed by atoms with Gasteiger partial charge in [0, 0.05) is 0 Å². The van der Waals surface area contributed by atoms with Gasteiger partial charge >= 0.3 is 0 Å². The van der Waals surface area contributed by atoms with Crippen molar-refractivity contribution >= 4 is 17.6 Å². The fourth-order valence-corrected chi connectivity index (χ4v) is 1.98. The van der Waals surface area contributed by atoms with Crippen LogP contribution < -0.4 is 16.4 Å². The van der Waals surface area contributed by atoms with Gasteiger partial charge < -0.3 is 16.4 Å². The zero-order chi connectivity index (χ0) is 16.5. The lowest BCUT2D eigenvalue weighted by Gasteiger charge is -2.15. The van der Waals surface area contributed by atoms with E-state index in [1.807, 2.05) is 44.2 Å². The van der Waals surface area contributed by atoms with Crippen LogP contribution in [-0.4, -0.2) is 30.2 Å². The molecule has 0 fully saturated rings. The standard InChI is InChI=1S/C16H23N3O3/c1-3-7-13(17)15(21)16(22)18-10-14(20)19-11(2)12-8-5-4-6-9-12/h4-6,8-9,11,13H,3,7,10,17H2,1-2H3,(H,18,22)(H,19,20). The average Bonchev–Trinajstić information content (AvgIpc) is 2.52. The van der Waals surface area contributed by atoms with Gasteiger partial charge in [-0.3, -0.25) is 14.4 Å². The van der Waals surface area contributed by atoms with Crippen LogP contribution in [0, 0.1) is 0 Å². The Morgan fingerprint density at radius 2 is 1.82 bits per heavy atom. The van der Waals surface area contributed by atoms with Crippen LogP contribution in [0.1, 0.15) is 38.3 Å². The Labute approximate surface area is 130 Å². The van der Waals surface area contributed by atoms with E-state index in [1.54, 1.807) is 0 Å². The predicted molar refractivity (Wildman–Crippen MR) is 83.9 cm³/mol. The first kappa shape index (κ1) is 17.8. The third-order valence-corrected chi connectivity index (χ3v) is 3.25. The molecule has 1 rings (SSSR count). The minimum absolute atomic E-state index is 0.177. The highest BCUT2D eigenvalue weighted by atomic mass is 16.2. The van der Waals surface area contributed by atoms with E-state index in [0.717, 1.165) is 12.0 Å². The molecular weight excluding hydrogens is 282 g/mol. The number of hydrogen-bond donors (Lipinski definition) is 3. The summed E-state index contributed by atoms with van der Waals surface area (Å²) in [5.74, 6) is -1.87. The Hall–Kier alpha value is -2.21. The molecule has 0 aliphatic carbocycles. The van der Waals surface area contributed by atoms with Crippen molar-refractivity contribution in [2.24, 2.45) is 5.73 Å². The summed E-state index contributed by atoms with van der Waals surface area (Å²) in [5.41, 5.74) is 6.54. The molecule has 0 aromatic heterocycles. The van der Waals surface area contributed by atoms with E-state index in [1.165, 1.54) is 0 Å². The molecule has 2 amide bonds. The third-order valence-electron chi connectivity index (χ3n) is 3.25. The number of nitrogens with two attached hydrogens (primary N) is 1. The minimum atomic E-state index is -0.816. The lowest BCUT2D eigenvalue weighted by Crippen LogP contribution is -2.45. The van der Waals surface area contributed by atoms with E-state index in [4.69, 9.17) is 5.73 Å². The highest BCUT2D eigenvalue weighted by molar-refractivity contribution is 6.38. The Balaban J connectivity index is 2.40. The molecule has 2 unspecified atom stereocenters. The lowest BCUT2D eigenvalue weighted by molar-refractivity contribution is -0.139. The van der Waals surface area contributed by atoms with Crippen molar-refractivity contribution in [3.8, 4) is 0 Å². The summed E-state index contributed by atoms with van der Waals surface area (Å²) in [6.07, 6.45) is 1.17. The molecule has 1 aromatic rings. The van der Waals surface area contributed by atoms with Gasteiger partial charge in [0.2, 0.25) is 11.7 Å². The fraction of sp³-hybridized carbons (Fsp3) is 0.438. The molecule has 0 heterocycles. The maximum Gasteiger partial charge on any atom is 0.289 e. The van der Waals surface area contributed by atoms with Crippen LogP contribution in [-0.2, 0) is 14.4 Å². The van der Waals surface area contributed by atoms with E-state index in [2.05, 4.69) is 10.6 Å². The molecule has 1 aromatic carbocycles. The van der Waals surface area contributed by atoms with E-state index < -0.39 is 17.7 Å². The van der Waals surface area contributed by atoms with Gasteiger partial charge in [-0.05, 0) is 18.9 Å². The van der Waals surface area contributed by atoms with E-state index in [-0.39, 0.29) is 18.5 Å². The van der Waals surface area contributed by atoms with Gasteiger partial charge in [0.05, 0.1) is 18.6 Å². The minimum Gasteiger partial charge on any atom is -0.348 e. The second-order valence-electron chi connectivity index (χ2n) is 5.14. The van der Waals surface area contributed by atoms with Gasteiger partial charge in [0.1, 0.15) is 0 Å². The maximum atomic E-state index is 11.8. The number of amides is 2. The summed E-state index contributed by atoms with van der Waals surface area (Å²) < 4.78 is 0. The first-order valence-corrected chi connectivity index (χ1v) is 7.37. The predicted octanol–water partition coefficient (Wildman–Crippen LogP) is 0.677. The summed E-state index contributed by atoms with van der Waals surface area (Å²) in [7, 11) is 0. The highest BCUT2D eigenvalue weighted by Gasteiger charge is 2.21. The molecule has 0 saturated carbocycles. The monoisotopic (exact) mass is 305 g/mol. The summed E-state index contributed by atoms with van der Waals surface area (Å²) in [5, 5.41) is 5.05. The van der Waals surface area contributed by atoms with Gasteiger partial charge in [-0.2, -0.15) is 0 Å². The normalized spacial score (nSPS) is 13.0. The number of nitrogens with one attached hydrogen (secondary N) is 2. The molecule has 0 saturated heterocycles. The number of Topliss-reactive ketones (excluding diaryl/α,β-unsaturated/α-hetero) is 1. The molecule has 6 heteroatoms. The molecule has 22 heavy (non-hydrogen) atoms. The summed E-state index contributed by atoms with van der Waals surface area (Å²) in [6, 6.07) is 8.47. The van der Waals surface area contributed by atoms with Crippen molar-refractivity contribution in [1.29, 1.82) is 0 Å². The molecule has 0 aliphatic heterocycles. The number of ketones is 1. The number of rotatable bonds is 8. The fourth-order valence-electron chi connectivity index (χ4n) is 1.98. The van der Waals surface area contributed by atoms with Crippen molar-refractivity contribution < 1.29 is 14.4 Å². The largest absolute Gasteiger partial charge is 0.348 e. The highest BCUT2D eigenvalue weighted by Crippen LogP contribution is 2.10. The maximum absolute atomic E-state index is 11.8. The van der Waals surface area contributed by atoms with Crippen LogP contribution in [0.15, 0.2) is 30.3 Å². The zero-order valence-corrected chi connectivity index (χ0v) is 13.0. The first-order valence-electron chi connectivity index (χ1n) is 7.37. The van der Waals surface area contributed by atoms with Gasteiger partial charge in [-0.15, -0.1) is 0 Å². The number of hydrogen-bond acceptors (Lipinski definition) is 4. The summed E-state index contributed by atoms with van der Waals surface area (Å²) in [6.45, 7) is 3.47. The molecule has 0 aliphatic rings. The van der Waals surface area contributed by atoms with Crippen LogP contribution in [0.4, 0.5) is 0 Å². The Kier molecular flexibility index (Phi) is 7.25. The number of benzene rings is 1. The number of carbonyl (C=O) groups is 3. The smallest absolute Gasteiger partial charge is 0.289 e. The molecule has 0 bridgehead atoms. The summed E-state index contributed by atoms with van der Waals surface area (Å²) in [4.78, 5) is 35.0. The lowest BCUT2D eigenvalue weighted by atomic mass is 10.1. The molecule has 4 N–H and O–H groups in total. The second-order valence-corrected chi connectivity index (χ2v) is 5.14. The topological polar surface area (TPSA) is 101 Å². The second kappa shape index (κ2) is 8.94. The molecule has 2 atom stereocenters.